The Hall–Kier alpha value is -3.77. The first-order valence-electron chi connectivity index (χ1n) is 13.8. The number of aliphatic hydroxyl groups excluding tert-OH is 1. The lowest BCUT2D eigenvalue weighted by Gasteiger charge is -2.19. The number of hydrogen-bond donors (Lipinski definition) is 3. The van der Waals surface area contributed by atoms with Crippen LogP contribution in [0.15, 0.2) is 24.8 Å². The van der Waals surface area contributed by atoms with Crippen molar-refractivity contribution in [1.29, 1.82) is 0 Å². The van der Waals surface area contributed by atoms with Gasteiger partial charge in [-0.25, -0.2) is 4.98 Å². The van der Waals surface area contributed by atoms with E-state index in [1.165, 1.54) is 11.1 Å². The number of aromatic nitrogens is 4. The fraction of sp³-hybridized carbons (Fsp3) is 0.364. The number of nitrogens with one attached hydrogen (secondary N) is 2. The van der Waals surface area contributed by atoms with Crippen LogP contribution in [0.25, 0.3) is 39.8 Å². The summed E-state index contributed by atoms with van der Waals surface area (Å²) in [6.07, 6.45) is 6.34. The van der Waals surface area contributed by atoms with E-state index in [4.69, 9.17) is 9.97 Å². The number of rotatable bonds is 6. The average molecular weight is 523 g/mol. The van der Waals surface area contributed by atoms with Crippen LogP contribution in [-0.4, -0.2) is 37.9 Å². The van der Waals surface area contributed by atoms with Gasteiger partial charge in [-0.1, -0.05) is 26.5 Å². The van der Waals surface area contributed by atoms with Crippen molar-refractivity contribution < 1.29 is 9.90 Å². The number of aryl methyl sites for hydroxylation is 3. The molecular weight excluding hydrogens is 484 g/mol. The molecule has 0 aromatic carbocycles. The third-order valence-electron chi connectivity index (χ3n) is 8.66. The SMILES string of the molecule is C=Cc1c(C)c2cc3nc(c(C)c4nc(cc5[nH]c(cc1[nH]2)c(C)c5CC)C(C)=C4)[C@@H](CC(C=O)CO)[C@@H]3C. The van der Waals surface area contributed by atoms with Crippen LogP contribution in [0, 0.1) is 26.7 Å². The summed E-state index contributed by atoms with van der Waals surface area (Å²) in [5, 5.41) is 9.82. The molecule has 3 aromatic rings. The standard InChI is InChI=1S/C33H38N4O2/c1-8-23-19(5)29-14-32-24(9-2)18(4)28(35-32)13-30-20(6)25(11-22(15-38)16-39)33(37-30)21(7)27-10-17(3)26(34-27)12-31(23)36-29/h9-10,12-15,20,22,25,35-36,39H,2,8,11,16H2,1,3-7H3/t20-,22?,25-/m0/s1. The van der Waals surface area contributed by atoms with Crippen LogP contribution >= 0.6 is 0 Å². The number of H-pyrrole nitrogens is 2. The molecule has 6 heteroatoms. The first-order chi connectivity index (χ1) is 18.7. The maximum absolute atomic E-state index is 11.7. The number of carbonyl (C=O) groups is 1. The Bertz CT molecular complexity index is 1670. The second-order valence-corrected chi connectivity index (χ2v) is 11.0. The summed E-state index contributed by atoms with van der Waals surface area (Å²) in [4.78, 5) is 29.2. The highest BCUT2D eigenvalue weighted by Gasteiger charge is 2.33. The Labute approximate surface area is 230 Å². The predicted molar refractivity (Wildman–Crippen MR) is 161 cm³/mol. The van der Waals surface area contributed by atoms with Crippen molar-refractivity contribution >= 4 is 46.1 Å². The van der Waals surface area contributed by atoms with E-state index in [-0.39, 0.29) is 18.4 Å². The highest BCUT2D eigenvalue weighted by molar-refractivity contribution is 5.86. The number of aliphatic hydroxyl groups is 1. The average Bonchev–Trinajstić information content (AvgIpc) is 3.61. The van der Waals surface area contributed by atoms with Crippen LogP contribution < -0.4 is 0 Å². The van der Waals surface area contributed by atoms with E-state index in [1.807, 2.05) is 6.08 Å². The molecule has 8 bridgehead atoms. The lowest BCUT2D eigenvalue weighted by molar-refractivity contribution is -0.112. The van der Waals surface area contributed by atoms with E-state index in [0.29, 0.717) is 6.42 Å². The molecule has 3 atom stereocenters. The van der Waals surface area contributed by atoms with E-state index in [2.05, 4.69) is 82.4 Å². The first-order valence-corrected chi connectivity index (χ1v) is 13.8. The van der Waals surface area contributed by atoms with Gasteiger partial charge in [0.05, 0.1) is 18.0 Å². The van der Waals surface area contributed by atoms with Crippen molar-refractivity contribution in [2.45, 2.75) is 66.2 Å². The maximum atomic E-state index is 11.7. The minimum absolute atomic E-state index is 0.00113. The Balaban J connectivity index is 1.92. The zero-order valence-electron chi connectivity index (χ0n) is 23.8. The van der Waals surface area contributed by atoms with Gasteiger partial charge in [0.2, 0.25) is 0 Å². The summed E-state index contributed by atoms with van der Waals surface area (Å²) in [5.41, 5.74) is 14.7. The zero-order valence-corrected chi connectivity index (χ0v) is 23.8. The Kier molecular flexibility index (Phi) is 7.17. The Morgan fingerprint density at radius 1 is 1.00 bits per heavy atom. The molecule has 6 nitrogen and oxygen atoms in total. The van der Waals surface area contributed by atoms with Gasteiger partial charge in [0.25, 0.3) is 0 Å². The van der Waals surface area contributed by atoms with Crippen LogP contribution in [0.5, 0.6) is 0 Å². The van der Waals surface area contributed by atoms with Crippen LogP contribution in [0.1, 0.15) is 89.6 Å². The number of hydrogen-bond acceptors (Lipinski definition) is 4. The lowest BCUT2D eigenvalue weighted by Crippen LogP contribution is -2.15. The van der Waals surface area contributed by atoms with E-state index >= 15 is 0 Å². The molecule has 0 fully saturated rings. The molecule has 0 spiro atoms. The largest absolute Gasteiger partial charge is 0.396 e. The monoisotopic (exact) mass is 522 g/mol. The van der Waals surface area contributed by atoms with Gasteiger partial charge in [0.15, 0.2) is 0 Å². The molecule has 0 saturated heterocycles. The molecule has 3 N–H and O–H groups in total. The lowest BCUT2D eigenvalue weighted by atomic mass is 9.83. The molecule has 39 heavy (non-hydrogen) atoms. The molecule has 0 aliphatic carbocycles. The molecule has 2 aliphatic rings. The summed E-state index contributed by atoms with van der Waals surface area (Å²) < 4.78 is 0. The molecule has 0 amide bonds. The van der Waals surface area contributed by atoms with Gasteiger partial charge in [-0.15, -0.1) is 0 Å². The van der Waals surface area contributed by atoms with Crippen molar-refractivity contribution in [3.63, 3.8) is 0 Å². The van der Waals surface area contributed by atoms with Crippen molar-refractivity contribution in [2.75, 3.05) is 6.61 Å². The van der Waals surface area contributed by atoms with E-state index in [9.17, 15) is 9.90 Å². The number of allylic oxidation sites excluding steroid dienone is 1. The van der Waals surface area contributed by atoms with E-state index < -0.39 is 5.92 Å². The Morgan fingerprint density at radius 2 is 1.72 bits per heavy atom. The van der Waals surface area contributed by atoms with Crippen molar-refractivity contribution in [3.05, 3.63) is 75.4 Å². The van der Waals surface area contributed by atoms with Crippen LogP contribution in [0.3, 0.4) is 0 Å². The first kappa shape index (κ1) is 26.8. The number of aldehydes is 1. The molecule has 2 aliphatic heterocycles. The highest BCUT2D eigenvalue weighted by Crippen LogP contribution is 2.42. The third-order valence-corrected chi connectivity index (χ3v) is 8.66. The van der Waals surface area contributed by atoms with Gasteiger partial charge in [-0.05, 0) is 92.6 Å². The van der Waals surface area contributed by atoms with Crippen LogP contribution in [-0.2, 0) is 11.2 Å². The van der Waals surface area contributed by atoms with Crippen molar-refractivity contribution in [1.82, 2.24) is 19.9 Å². The molecular formula is C33H38N4O2. The van der Waals surface area contributed by atoms with Crippen molar-refractivity contribution in [3.8, 4) is 0 Å². The summed E-state index contributed by atoms with van der Waals surface area (Å²) in [5.74, 6) is -0.358. The third kappa shape index (κ3) is 4.57. The Morgan fingerprint density at radius 3 is 2.38 bits per heavy atom. The van der Waals surface area contributed by atoms with Gasteiger partial charge in [0.1, 0.15) is 6.29 Å². The molecule has 5 rings (SSSR count). The smallest absolute Gasteiger partial charge is 0.125 e. The highest BCUT2D eigenvalue weighted by atomic mass is 16.3. The summed E-state index contributed by atoms with van der Waals surface area (Å²) in [6, 6.07) is 6.45. The summed E-state index contributed by atoms with van der Waals surface area (Å²) >= 11 is 0. The van der Waals surface area contributed by atoms with Gasteiger partial charge < -0.3 is 19.9 Å². The fourth-order valence-corrected chi connectivity index (χ4v) is 6.11. The summed E-state index contributed by atoms with van der Waals surface area (Å²) in [6.45, 7) is 16.7. The number of nitrogens with zero attached hydrogens (tertiary/aromatic N) is 2. The van der Waals surface area contributed by atoms with Gasteiger partial charge in [0, 0.05) is 56.8 Å². The van der Waals surface area contributed by atoms with E-state index in [1.54, 1.807) is 0 Å². The van der Waals surface area contributed by atoms with Crippen LogP contribution in [0.2, 0.25) is 0 Å². The normalized spacial score (nSPS) is 17.7. The van der Waals surface area contributed by atoms with Gasteiger partial charge >= 0.3 is 0 Å². The number of carbonyl (C=O) groups excluding carboxylic acids is 1. The zero-order chi connectivity index (χ0) is 28.0. The quantitative estimate of drug-likeness (QED) is 0.301. The summed E-state index contributed by atoms with van der Waals surface area (Å²) in [7, 11) is 0. The second kappa shape index (κ2) is 10.4. The van der Waals surface area contributed by atoms with E-state index in [0.717, 1.165) is 79.8 Å². The topological polar surface area (TPSA) is 94.7 Å². The maximum Gasteiger partial charge on any atom is 0.125 e. The second-order valence-electron chi connectivity index (χ2n) is 11.0. The number of fused-ring (bicyclic) bond motifs is 8. The molecule has 0 radical (unpaired) electrons. The number of aromatic amines is 2. The van der Waals surface area contributed by atoms with Gasteiger partial charge in [-0.3, -0.25) is 4.98 Å². The molecule has 0 saturated carbocycles. The fourth-order valence-electron chi connectivity index (χ4n) is 6.11. The minimum atomic E-state index is -0.430. The molecule has 1 unspecified atom stereocenters. The molecule has 3 aromatic heterocycles. The van der Waals surface area contributed by atoms with Crippen molar-refractivity contribution in [2.24, 2.45) is 5.92 Å². The van der Waals surface area contributed by atoms with Gasteiger partial charge in [-0.2, -0.15) is 0 Å². The van der Waals surface area contributed by atoms with Crippen LogP contribution in [0.4, 0.5) is 0 Å². The molecule has 5 heterocycles. The minimum Gasteiger partial charge on any atom is -0.396 e. The predicted octanol–water partition coefficient (Wildman–Crippen LogP) is 7.09. The molecule has 202 valence electrons.